The molecule has 320 valence electrons. The number of allylic oxidation sites excluding steroid dienone is 4. The third-order valence-electron chi connectivity index (χ3n) is 10.0. The van der Waals surface area contributed by atoms with Gasteiger partial charge in [0.2, 0.25) is 0 Å². The molecule has 0 aliphatic rings. The van der Waals surface area contributed by atoms with E-state index in [1.807, 2.05) is 0 Å². The van der Waals surface area contributed by atoms with Crippen LogP contribution >= 0.6 is 12.4 Å². The zero-order valence-electron chi connectivity index (χ0n) is 35.7. The Kier molecular flexibility index (Phi) is 48.4. The molecule has 0 heterocycles. The lowest BCUT2D eigenvalue weighted by Gasteiger charge is -2.22. The van der Waals surface area contributed by atoms with Crippen LogP contribution in [-0.2, 0) is 19.1 Å². The minimum absolute atomic E-state index is 0. The van der Waals surface area contributed by atoms with Gasteiger partial charge in [0.05, 0.1) is 0 Å². The van der Waals surface area contributed by atoms with Gasteiger partial charge in [0.25, 0.3) is 0 Å². The monoisotopic (exact) mass is 784 g/mol. The van der Waals surface area contributed by atoms with E-state index in [2.05, 4.69) is 48.4 Å². The molecule has 54 heavy (non-hydrogen) atoms. The number of carbonyl (C=O) groups is 2. The highest BCUT2D eigenvalue weighted by atomic mass is 35.5. The SMILES string of the molecule is CCCCCCCC/C=C\CCCCCCCC(=O)OCCN(CCCNCCCN)CCOC(=O)CCCCCCC/C=C\CCCCCCCC.Cl. The van der Waals surface area contributed by atoms with Gasteiger partial charge in [-0.2, -0.15) is 0 Å². The summed E-state index contributed by atoms with van der Waals surface area (Å²) in [5, 5.41) is 3.43. The largest absolute Gasteiger partial charge is 0.464 e. The molecule has 0 saturated carbocycles. The fourth-order valence-corrected chi connectivity index (χ4v) is 6.52. The van der Waals surface area contributed by atoms with Gasteiger partial charge in [0.15, 0.2) is 0 Å². The average Bonchev–Trinajstić information content (AvgIpc) is 3.15. The maximum atomic E-state index is 12.4. The van der Waals surface area contributed by atoms with E-state index in [-0.39, 0.29) is 24.3 Å². The number of nitrogens with one attached hydrogen (secondary N) is 1. The number of ether oxygens (including phenoxy) is 2. The number of hydrogen-bond acceptors (Lipinski definition) is 7. The minimum atomic E-state index is -0.0996. The quantitative estimate of drug-likeness (QED) is 0.0361. The minimum Gasteiger partial charge on any atom is -0.464 e. The van der Waals surface area contributed by atoms with Gasteiger partial charge in [-0.15, -0.1) is 12.4 Å². The molecule has 0 aliphatic carbocycles. The van der Waals surface area contributed by atoms with Crippen molar-refractivity contribution < 1.29 is 19.1 Å². The molecule has 0 bridgehead atoms. The van der Waals surface area contributed by atoms with Crippen molar-refractivity contribution in [3.8, 4) is 0 Å². The number of rotatable bonds is 43. The molecule has 0 aromatic rings. The number of unbranched alkanes of at least 4 members (excludes halogenated alkanes) is 22. The van der Waals surface area contributed by atoms with Gasteiger partial charge in [-0.3, -0.25) is 14.5 Å². The van der Waals surface area contributed by atoms with Crippen LogP contribution in [0.5, 0.6) is 0 Å². The number of hydrogen-bond donors (Lipinski definition) is 2. The molecule has 7 nitrogen and oxygen atoms in total. The number of nitrogens with zero attached hydrogens (tertiary/aromatic N) is 1. The van der Waals surface area contributed by atoms with E-state index >= 15 is 0 Å². The van der Waals surface area contributed by atoms with Crippen molar-refractivity contribution in [2.24, 2.45) is 5.73 Å². The first-order valence-corrected chi connectivity index (χ1v) is 22.9. The van der Waals surface area contributed by atoms with Crippen molar-refractivity contribution >= 4 is 24.3 Å². The van der Waals surface area contributed by atoms with Crippen molar-refractivity contribution in [1.82, 2.24) is 10.2 Å². The lowest BCUT2D eigenvalue weighted by Crippen LogP contribution is -2.34. The molecule has 0 rings (SSSR count). The zero-order chi connectivity index (χ0) is 38.6. The third-order valence-corrected chi connectivity index (χ3v) is 10.0. The predicted molar refractivity (Wildman–Crippen MR) is 236 cm³/mol. The van der Waals surface area contributed by atoms with E-state index in [0.29, 0.717) is 45.7 Å². The van der Waals surface area contributed by atoms with Crippen LogP contribution in [-0.4, -0.2) is 69.3 Å². The Morgan fingerprint density at radius 3 is 1.22 bits per heavy atom. The van der Waals surface area contributed by atoms with Gasteiger partial charge >= 0.3 is 11.9 Å². The molecule has 0 aromatic heterocycles. The average molecular weight is 785 g/mol. The summed E-state index contributed by atoms with van der Waals surface area (Å²) in [6.45, 7) is 10.0. The second kappa shape index (κ2) is 47.7. The zero-order valence-corrected chi connectivity index (χ0v) is 36.6. The Hall–Kier alpha value is -1.41. The fraction of sp³-hybridized carbons (Fsp3) is 0.870. The second-order valence-electron chi connectivity index (χ2n) is 15.2. The molecule has 0 aromatic carbocycles. The van der Waals surface area contributed by atoms with Crippen LogP contribution < -0.4 is 11.1 Å². The molecule has 0 radical (unpaired) electrons. The Balaban J connectivity index is 0. The number of nitrogens with two attached hydrogens (primary N) is 1. The van der Waals surface area contributed by atoms with E-state index < -0.39 is 0 Å². The number of esters is 2. The molecule has 8 heteroatoms. The van der Waals surface area contributed by atoms with E-state index in [9.17, 15) is 9.59 Å². The summed E-state index contributed by atoms with van der Waals surface area (Å²) < 4.78 is 11.2. The summed E-state index contributed by atoms with van der Waals surface area (Å²) in [5.74, 6) is -0.199. The maximum absolute atomic E-state index is 12.4. The van der Waals surface area contributed by atoms with Gasteiger partial charge < -0.3 is 20.5 Å². The van der Waals surface area contributed by atoms with E-state index in [0.717, 1.165) is 58.2 Å². The first-order valence-electron chi connectivity index (χ1n) is 22.9. The van der Waals surface area contributed by atoms with Gasteiger partial charge in [-0.1, -0.05) is 141 Å². The molecule has 0 unspecified atom stereocenters. The van der Waals surface area contributed by atoms with Crippen LogP contribution in [0.2, 0.25) is 0 Å². The van der Waals surface area contributed by atoms with Crippen LogP contribution in [0.25, 0.3) is 0 Å². The third kappa shape index (κ3) is 45.0. The molecule has 0 atom stereocenters. The highest BCUT2D eigenvalue weighted by Gasteiger charge is 2.10. The summed E-state index contributed by atoms with van der Waals surface area (Å²) >= 11 is 0. The van der Waals surface area contributed by atoms with E-state index in [4.69, 9.17) is 15.2 Å². The molecule has 3 N–H and O–H groups in total. The van der Waals surface area contributed by atoms with Gasteiger partial charge in [-0.25, -0.2) is 0 Å². The Morgan fingerprint density at radius 1 is 0.481 bits per heavy atom. The summed E-state index contributed by atoms with van der Waals surface area (Å²) in [6.07, 6.45) is 44.8. The van der Waals surface area contributed by atoms with Crippen molar-refractivity contribution in [2.75, 3.05) is 52.5 Å². The molecule has 0 amide bonds. The van der Waals surface area contributed by atoms with Gasteiger partial charge in [-0.05, 0) is 103 Å². The van der Waals surface area contributed by atoms with Crippen molar-refractivity contribution in [3.63, 3.8) is 0 Å². The second-order valence-corrected chi connectivity index (χ2v) is 15.2. The summed E-state index contributed by atoms with van der Waals surface area (Å²) in [4.78, 5) is 27.0. The summed E-state index contributed by atoms with van der Waals surface area (Å²) in [6, 6.07) is 0. The Morgan fingerprint density at radius 2 is 0.833 bits per heavy atom. The Bertz CT molecular complexity index is 768. The van der Waals surface area contributed by atoms with Crippen molar-refractivity contribution in [1.29, 1.82) is 0 Å². The number of carbonyl (C=O) groups excluding carboxylic acids is 2. The van der Waals surface area contributed by atoms with E-state index in [1.54, 1.807) is 0 Å². The van der Waals surface area contributed by atoms with Gasteiger partial charge in [0.1, 0.15) is 13.2 Å². The molecule has 0 saturated heterocycles. The van der Waals surface area contributed by atoms with Crippen molar-refractivity contribution in [2.45, 2.75) is 206 Å². The molecule has 0 fully saturated rings. The van der Waals surface area contributed by atoms with Gasteiger partial charge in [0, 0.05) is 25.9 Å². The van der Waals surface area contributed by atoms with Crippen LogP contribution in [0.3, 0.4) is 0 Å². The highest BCUT2D eigenvalue weighted by Crippen LogP contribution is 2.12. The van der Waals surface area contributed by atoms with Crippen molar-refractivity contribution in [3.05, 3.63) is 24.3 Å². The molecular weight excluding hydrogens is 694 g/mol. The normalized spacial score (nSPS) is 11.6. The first-order chi connectivity index (χ1) is 26.1. The lowest BCUT2D eigenvalue weighted by molar-refractivity contribution is -0.144. The number of halogens is 1. The molecule has 0 aliphatic heterocycles. The maximum Gasteiger partial charge on any atom is 0.305 e. The smallest absolute Gasteiger partial charge is 0.305 e. The van der Waals surface area contributed by atoms with E-state index in [1.165, 1.54) is 141 Å². The summed E-state index contributed by atoms with van der Waals surface area (Å²) in [5.41, 5.74) is 5.60. The van der Waals surface area contributed by atoms with Crippen LogP contribution in [0.1, 0.15) is 206 Å². The molecule has 0 spiro atoms. The Labute approximate surface area is 341 Å². The predicted octanol–water partition coefficient (Wildman–Crippen LogP) is 12.2. The van der Waals surface area contributed by atoms with Crippen LogP contribution in [0, 0.1) is 0 Å². The van der Waals surface area contributed by atoms with Crippen LogP contribution in [0.15, 0.2) is 24.3 Å². The standard InChI is InChI=1S/C46H89N3O4.ClH/c1-3-5-7-9-11-13-15-17-19-21-23-25-27-29-31-35-45(50)52-43-41-49(40-34-39-48-38-33-37-47)42-44-53-46(51)36-32-30-28-26-24-22-20-18-16-14-12-10-8-6-4-2;/h17-20,48H,3-16,21-44,47H2,1-2H3;1H/b19-17-,20-18-;. The highest BCUT2D eigenvalue weighted by molar-refractivity contribution is 5.85. The molecular formula is C46H90ClN3O4. The summed E-state index contributed by atoms with van der Waals surface area (Å²) in [7, 11) is 0. The first kappa shape index (κ1) is 54.7. The fourth-order valence-electron chi connectivity index (χ4n) is 6.52. The lowest BCUT2D eigenvalue weighted by atomic mass is 10.1. The van der Waals surface area contributed by atoms with Crippen LogP contribution in [0.4, 0.5) is 0 Å². The topological polar surface area (TPSA) is 93.9 Å².